The summed E-state index contributed by atoms with van der Waals surface area (Å²) in [5.74, 6) is 0. The first-order valence-corrected chi connectivity index (χ1v) is 11.8. The van der Waals surface area contributed by atoms with Crippen LogP contribution in [0.3, 0.4) is 0 Å². The van der Waals surface area contributed by atoms with Crippen LogP contribution in [0.2, 0.25) is 0 Å². The van der Waals surface area contributed by atoms with E-state index in [0.717, 1.165) is 18.5 Å². The van der Waals surface area contributed by atoms with Crippen LogP contribution in [0.1, 0.15) is 44.7 Å². The number of H-pyrrole nitrogens is 1. The van der Waals surface area contributed by atoms with Gasteiger partial charge in [-0.2, -0.15) is 0 Å². The molecular formula is C19H27N6O5P. The van der Waals surface area contributed by atoms with Crippen LogP contribution in [0.25, 0.3) is 4.85 Å². The lowest BCUT2D eigenvalue weighted by Gasteiger charge is -2.26. The maximum absolute atomic E-state index is 12.5. The third-order valence-corrected chi connectivity index (χ3v) is 6.04. The highest BCUT2D eigenvalue weighted by Gasteiger charge is 2.48. The molecule has 5 atom stereocenters. The van der Waals surface area contributed by atoms with E-state index in [2.05, 4.69) is 27.1 Å². The Hall–Kier alpha value is -2.38. The smallest absolute Gasteiger partial charge is 0.330 e. The number of ether oxygens (including phenoxy) is 1. The molecule has 2 aromatic heterocycles. The van der Waals surface area contributed by atoms with E-state index in [-0.39, 0.29) is 19.3 Å². The lowest BCUT2D eigenvalue weighted by Crippen LogP contribution is -2.36. The Balaban J connectivity index is 1.96. The third kappa shape index (κ3) is 5.46. The molecular weight excluding hydrogens is 423 g/mol. The first kappa shape index (κ1) is 23.3. The van der Waals surface area contributed by atoms with E-state index in [1.54, 1.807) is 4.68 Å². The van der Waals surface area contributed by atoms with Crippen molar-refractivity contribution in [1.29, 1.82) is 0 Å². The highest BCUT2D eigenvalue weighted by Crippen LogP contribution is 2.47. The maximum Gasteiger partial charge on any atom is 0.330 e. The Morgan fingerprint density at radius 1 is 1.39 bits per heavy atom. The number of aryl methyl sites for hydroxylation is 1. The molecule has 0 aromatic carbocycles. The summed E-state index contributed by atoms with van der Waals surface area (Å²) in [5, 5.41) is 8.53. The van der Waals surface area contributed by atoms with Crippen LogP contribution in [0.15, 0.2) is 28.0 Å². The fourth-order valence-electron chi connectivity index (χ4n) is 3.56. The second kappa shape index (κ2) is 10.8. The van der Waals surface area contributed by atoms with Gasteiger partial charge in [0.2, 0.25) is 6.54 Å². The zero-order valence-corrected chi connectivity index (χ0v) is 18.7. The normalized spacial score (nSPS) is 24.2. The molecule has 168 valence electrons. The van der Waals surface area contributed by atoms with Gasteiger partial charge < -0.3 is 18.6 Å². The molecule has 3 heterocycles. The van der Waals surface area contributed by atoms with Crippen molar-refractivity contribution in [1.82, 2.24) is 24.5 Å². The molecule has 2 aromatic rings. The van der Waals surface area contributed by atoms with E-state index < -0.39 is 38.0 Å². The molecule has 11 nitrogen and oxygen atoms in total. The lowest BCUT2D eigenvalue weighted by molar-refractivity contribution is -0.0235. The molecule has 0 amide bonds. The number of aromatic amines is 1. The average Bonchev–Trinajstić information content (AvgIpc) is 3.33. The van der Waals surface area contributed by atoms with Gasteiger partial charge in [0.1, 0.15) is 18.8 Å². The molecule has 12 heteroatoms. The highest BCUT2D eigenvalue weighted by molar-refractivity contribution is 7.46. The summed E-state index contributed by atoms with van der Waals surface area (Å²) in [6.45, 7) is 13.3. The van der Waals surface area contributed by atoms with Crippen molar-refractivity contribution in [3.8, 4) is 0 Å². The SMILES string of the molecule is [C-]#[N+]CCOP(C)OC1[C@@H](CC)O[C@@H](n2ccc(=O)[nH]c2=O)[C@H]1n1cc(CCC)nn1. The predicted molar refractivity (Wildman–Crippen MR) is 114 cm³/mol. The van der Waals surface area contributed by atoms with E-state index in [4.69, 9.17) is 20.4 Å². The Morgan fingerprint density at radius 2 is 2.19 bits per heavy atom. The largest absolute Gasteiger partial charge is 0.349 e. The number of aromatic nitrogens is 5. The van der Waals surface area contributed by atoms with Gasteiger partial charge in [0.15, 0.2) is 14.6 Å². The highest BCUT2D eigenvalue weighted by atomic mass is 31.2. The van der Waals surface area contributed by atoms with Crippen molar-refractivity contribution in [3.63, 3.8) is 0 Å². The molecule has 1 fully saturated rings. The number of hydrogen-bond donors (Lipinski definition) is 1. The summed E-state index contributed by atoms with van der Waals surface area (Å²) in [4.78, 5) is 29.6. The van der Waals surface area contributed by atoms with Gasteiger partial charge in [-0.25, -0.2) is 16.0 Å². The molecule has 0 spiro atoms. The predicted octanol–water partition coefficient (Wildman–Crippen LogP) is 1.89. The van der Waals surface area contributed by atoms with E-state index in [0.29, 0.717) is 6.42 Å². The monoisotopic (exact) mass is 450 g/mol. The van der Waals surface area contributed by atoms with Gasteiger partial charge in [0.05, 0.1) is 11.8 Å². The number of nitrogens with zero attached hydrogens (tertiary/aromatic N) is 5. The summed E-state index contributed by atoms with van der Waals surface area (Å²) in [7, 11) is -1.28. The van der Waals surface area contributed by atoms with Gasteiger partial charge in [-0.1, -0.05) is 25.5 Å². The zero-order chi connectivity index (χ0) is 22.4. The Morgan fingerprint density at radius 3 is 2.87 bits per heavy atom. The minimum atomic E-state index is -1.28. The van der Waals surface area contributed by atoms with Crippen LogP contribution in [0, 0.1) is 6.57 Å². The maximum atomic E-state index is 12.5. The first-order chi connectivity index (χ1) is 15.0. The number of hydrogen-bond acceptors (Lipinski definition) is 7. The first-order valence-electron chi connectivity index (χ1n) is 10.2. The summed E-state index contributed by atoms with van der Waals surface area (Å²) in [5.41, 5.74) is -0.216. The van der Waals surface area contributed by atoms with Gasteiger partial charge in [0, 0.05) is 25.1 Å². The quantitative estimate of drug-likeness (QED) is 0.334. The minimum absolute atomic E-state index is 0.261. The second-order valence-electron chi connectivity index (χ2n) is 7.15. The van der Waals surface area contributed by atoms with Crippen LogP contribution in [0.5, 0.6) is 0 Å². The van der Waals surface area contributed by atoms with Crippen LogP contribution in [0.4, 0.5) is 0 Å². The lowest BCUT2D eigenvalue weighted by atomic mass is 10.1. The molecule has 31 heavy (non-hydrogen) atoms. The number of rotatable bonds is 10. The summed E-state index contributed by atoms with van der Waals surface area (Å²) in [6, 6.07) is 0.780. The standard InChI is InChI=1S/C19H27N6O5P/c1-5-7-13-12-25(23-22-13)16-17(30-31(4)28-11-9-20-3)14(6-2)29-18(16)24-10-8-15(26)21-19(24)27/h8,10,12,14,16-18H,5-7,9,11H2,1-2,4H3,(H,21,26,27)/t14-,16+,17?,18-,31?/m1/s1. The summed E-state index contributed by atoms with van der Waals surface area (Å²) >= 11 is 0. The fourth-order valence-corrected chi connectivity index (χ4v) is 4.57. The zero-order valence-electron chi connectivity index (χ0n) is 17.8. The molecule has 2 unspecified atom stereocenters. The van der Waals surface area contributed by atoms with E-state index in [9.17, 15) is 9.59 Å². The van der Waals surface area contributed by atoms with E-state index in [1.807, 2.05) is 19.8 Å². The van der Waals surface area contributed by atoms with Crippen molar-refractivity contribution in [2.75, 3.05) is 19.8 Å². The minimum Gasteiger partial charge on any atom is -0.349 e. The molecule has 0 saturated carbocycles. The van der Waals surface area contributed by atoms with Gasteiger partial charge in [-0.3, -0.25) is 14.3 Å². The van der Waals surface area contributed by atoms with E-state index >= 15 is 0 Å². The van der Waals surface area contributed by atoms with Crippen molar-refractivity contribution in [2.24, 2.45) is 0 Å². The Labute approximate surface area is 181 Å². The molecule has 3 rings (SSSR count). The summed E-state index contributed by atoms with van der Waals surface area (Å²) < 4.78 is 21.2. The van der Waals surface area contributed by atoms with Crippen LogP contribution in [-0.4, -0.2) is 56.6 Å². The molecule has 0 aliphatic carbocycles. The molecule has 1 N–H and O–H groups in total. The van der Waals surface area contributed by atoms with Gasteiger partial charge in [-0.15, -0.1) is 5.10 Å². The van der Waals surface area contributed by atoms with Crippen molar-refractivity contribution in [2.45, 2.75) is 57.6 Å². The molecule has 1 aliphatic rings. The Kier molecular flexibility index (Phi) is 8.09. The fraction of sp³-hybridized carbons (Fsp3) is 0.632. The molecule has 0 bridgehead atoms. The van der Waals surface area contributed by atoms with Crippen molar-refractivity contribution < 1.29 is 13.8 Å². The van der Waals surface area contributed by atoms with Gasteiger partial charge in [0.25, 0.3) is 5.56 Å². The third-order valence-electron chi connectivity index (χ3n) is 4.95. The number of nitrogens with one attached hydrogen (secondary N) is 1. The summed E-state index contributed by atoms with van der Waals surface area (Å²) in [6.07, 6.45) is 4.05. The topological polar surface area (TPSA) is 118 Å². The van der Waals surface area contributed by atoms with Crippen LogP contribution >= 0.6 is 8.38 Å². The van der Waals surface area contributed by atoms with Gasteiger partial charge >= 0.3 is 5.69 Å². The average molecular weight is 450 g/mol. The molecule has 1 saturated heterocycles. The van der Waals surface area contributed by atoms with Crippen molar-refractivity contribution in [3.05, 3.63) is 56.4 Å². The Bertz CT molecular complexity index is 1010. The van der Waals surface area contributed by atoms with Crippen LogP contribution in [-0.2, 0) is 20.2 Å². The van der Waals surface area contributed by atoms with Crippen LogP contribution < -0.4 is 11.2 Å². The molecule has 0 radical (unpaired) electrons. The second-order valence-corrected chi connectivity index (χ2v) is 8.49. The van der Waals surface area contributed by atoms with E-state index in [1.165, 1.54) is 16.8 Å². The molecule has 1 aliphatic heterocycles. The van der Waals surface area contributed by atoms with Gasteiger partial charge in [-0.05, 0) is 12.8 Å². The van der Waals surface area contributed by atoms with Crippen molar-refractivity contribution >= 4 is 8.38 Å².